The summed E-state index contributed by atoms with van der Waals surface area (Å²) < 4.78 is 1.73. The topological polar surface area (TPSA) is 51.0 Å². The van der Waals surface area contributed by atoms with Crippen LogP contribution in [-0.4, -0.2) is 38.7 Å². The van der Waals surface area contributed by atoms with Gasteiger partial charge in [0, 0.05) is 18.8 Å². The van der Waals surface area contributed by atoms with Crippen LogP contribution < -0.4 is 0 Å². The quantitative estimate of drug-likeness (QED) is 0.660. The summed E-state index contributed by atoms with van der Waals surface area (Å²) >= 11 is 6.31. The number of aryl methyl sites for hydroxylation is 2. The SMILES string of the molecule is Cc1cc(C)n(-c2ccc(Cl)c(C(=O)N3CC=C(c4ccccc4)CC3)n2)n1. The molecule has 0 spiro atoms. The summed E-state index contributed by atoms with van der Waals surface area (Å²) in [6, 6.07) is 15.7. The first-order valence-electron chi connectivity index (χ1n) is 9.27. The largest absolute Gasteiger partial charge is 0.333 e. The van der Waals surface area contributed by atoms with E-state index in [2.05, 4.69) is 28.3 Å². The molecule has 0 radical (unpaired) electrons. The third-order valence-corrected chi connectivity index (χ3v) is 5.21. The van der Waals surface area contributed by atoms with Crippen LogP contribution >= 0.6 is 11.6 Å². The van der Waals surface area contributed by atoms with Gasteiger partial charge in [0.15, 0.2) is 5.82 Å². The Morgan fingerprint density at radius 1 is 1.11 bits per heavy atom. The Kier molecular flexibility index (Phi) is 5.01. The zero-order valence-electron chi connectivity index (χ0n) is 15.9. The van der Waals surface area contributed by atoms with Crippen molar-refractivity contribution in [3.05, 3.63) is 82.3 Å². The first kappa shape index (κ1) is 18.4. The number of hydrogen-bond donors (Lipinski definition) is 0. The van der Waals surface area contributed by atoms with Crippen molar-refractivity contribution in [2.75, 3.05) is 13.1 Å². The van der Waals surface area contributed by atoms with Crippen molar-refractivity contribution in [3.63, 3.8) is 0 Å². The average molecular weight is 393 g/mol. The van der Waals surface area contributed by atoms with Crippen LogP contribution in [-0.2, 0) is 0 Å². The second-order valence-corrected chi connectivity index (χ2v) is 7.34. The molecule has 1 aliphatic rings. The number of carbonyl (C=O) groups is 1. The van der Waals surface area contributed by atoms with Gasteiger partial charge in [0.25, 0.3) is 5.91 Å². The molecule has 2 aromatic heterocycles. The Morgan fingerprint density at radius 2 is 1.89 bits per heavy atom. The molecule has 1 amide bonds. The standard InChI is InChI=1S/C22H21ClN4O/c1-15-14-16(2)27(25-15)20-9-8-19(23)21(24-20)22(28)26-12-10-18(11-13-26)17-6-4-3-5-7-17/h3-10,14H,11-13H2,1-2H3. The predicted molar refractivity (Wildman–Crippen MR) is 111 cm³/mol. The summed E-state index contributed by atoms with van der Waals surface area (Å²) in [4.78, 5) is 19.4. The highest BCUT2D eigenvalue weighted by atomic mass is 35.5. The molecule has 0 N–H and O–H groups in total. The fourth-order valence-electron chi connectivity index (χ4n) is 3.48. The highest BCUT2D eigenvalue weighted by Crippen LogP contribution is 2.25. The van der Waals surface area contributed by atoms with Gasteiger partial charge < -0.3 is 4.90 Å². The van der Waals surface area contributed by atoms with Crippen LogP contribution in [0.2, 0.25) is 5.02 Å². The fraction of sp³-hybridized carbons (Fsp3) is 0.227. The Morgan fingerprint density at radius 3 is 2.54 bits per heavy atom. The van der Waals surface area contributed by atoms with Crippen LogP contribution in [0.5, 0.6) is 0 Å². The van der Waals surface area contributed by atoms with Crippen LogP contribution in [0.25, 0.3) is 11.4 Å². The minimum absolute atomic E-state index is 0.156. The van der Waals surface area contributed by atoms with Crippen molar-refractivity contribution in [1.29, 1.82) is 0 Å². The van der Waals surface area contributed by atoms with E-state index in [1.165, 1.54) is 11.1 Å². The van der Waals surface area contributed by atoms with Gasteiger partial charge in [0.1, 0.15) is 5.69 Å². The zero-order valence-corrected chi connectivity index (χ0v) is 16.6. The van der Waals surface area contributed by atoms with E-state index < -0.39 is 0 Å². The molecule has 0 unspecified atom stereocenters. The molecule has 0 aliphatic carbocycles. The van der Waals surface area contributed by atoms with Crippen molar-refractivity contribution in [3.8, 4) is 5.82 Å². The molecule has 3 aromatic rings. The maximum Gasteiger partial charge on any atom is 0.274 e. The molecular weight excluding hydrogens is 372 g/mol. The molecule has 1 aliphatic heterocycles. The molecule has 0 bridgehead atoms. The number of rotatable bonds is 3. The fourth-order valence-corrected chi connectivity index (χ4v) is 3.66. The van der Waals surface area contributed by atoms with Crippen molar-refractivity contribution in [2.24, 2.45) is 0 Å². The summed E-state index contributed by atoms with van der Waals surface area (Å²) in [6.45, 7) is 5.07. The molecular formula is C22H21ClN4O. The van der Waals surface area contributed by atoms with Crippen LogP contribution in [0.15, 0.2) is 54.6 Å². The maximum atomic E-state index is 13.1. The number of halogens is 1. The van der Waals surface area contributed by atoms with Gasteiger partial charge in [0.2, 0.25) is 0 Å². The van der Waals surface area contributed by atoms with Gasteiger partial charge in [-0.3, -0.25) is 4.79 Å². The van der Waals surface area contributed by atoms with E-state index in [-0.39, 0.29) is 11.6 Å². The molecule has 142 valence electrons. The van der Waals surface area contributed by atoms with E-state index in [1.54, 1.807) is 21.7 Å². The first-order valence-corrected chi connectivity index (χ1v) is 9.64. The third kappa shape index (κ3) is 3.58. The van der Waals surface area contributed by atoms with E-state index >= 15 is 0 Å². The van der Waals surface area contributed by atoms with E-state index in [4.69, 9.17) is 11.6 Å². The zero-order chi connectivity index (χ0) is 19.7. The smallest absolute Gasteiger partial charge is 0.274 e. The molecule has 0 saturated carbocycles. The number of nitrogens with zero attached hydrogens (tertiary/aromatic N) is 4. The minimum atomic E-state index is -0.156. The minimum Gasteiger partial charge on any atom is -0.333 e. The summed E-state index contributed by atoms with van der Waals surface area (Å²) in [5.74, 6) is 0.438. The molecule has 28 heavy (non-hydrogen) atoms. The normalized spacial score (nSPS) is 14.1. The van der Waals surface area contributed by atoms with Gasteiger partial charge in [-0.2, -0.15) is 5.10 Å². The molecule has 1 aromatic carbocycles. The third-order valence-electron chi connectivity index (χ3n) is 4.90. The average Bonchev–Trinajstić information content (AvgIpc) is 3.06. The van der Waals surface area contributed by atoms with Gasteiger partial charge in [-0.25, -0.2) is 9.67 Å². The second-order valence-electron chi connectivity index (χ2n) is 6.94. The van der Waals surface area contributed by atoms with Gasteiger partial charge in [-0.05, 0) is 49.6 Å². The monoisotopic (exact) mass is 392 g/mol. The van der Waals surface area contributed by atoms with Gasteiger partial charge in [0.05, 0.1) is 10.7 Å². The Labute approximate surface area is 169 Å². The number of benzene rings is 1. The lowest BCUT2D eigenvalue weighted by Crippen LogP contribution is -2.35. The molecule has 4 rings (SSSR count). The van der Waals surface area contributed by atoms with Crippen LogP contribution in [0.1, 0.15) is 33.9 Å². The van der Waals surface area contributed by atoms with E-state index in [1.807, 2.05) is 38.1 Å². The van der Waals surface area contributed by atoms with Gasteiger partial charge in [-0.15, -0.1) is 0 Å². The van der Waals surface area contributed by atoms with Crippen LogP contribution in [0.4, 0.5) is 0 Å². The van der Waals surface area contributed by atoms with E-state index in [0.717, 1.165) is 17.8 Å². The highest BCUT2D eigenvalue weighted by molar-refractivity contribution is 6.33. The number of carbonyl (C=O) groups excluding carboxylic acids is 1. The number of amides is 1. The second kappa shape index (κ2) is 7.60. The van der Waals surface area contributed by atoms with Crippen LogP contribution in [0.3, 0.4) is 0 Å². The van der Waals surface area contributed by atoms with E-state index in [9.17, 15) is 4.79 Å². The molecule has 3 heterocycles. The first-order chi connectivity index (χ1) is 13.5. The number of hydrogen-bond acceptors (Lipinski definition) is 3. The molecule has 6 heteroatoms. The highest BCUT2D eigenvalue weighted by Gasteiger charge is 2.23. The van der Waals surface area contributed by atoms with Crippen molar-refractivity contribution in [2.45, 2.75) is 20.3 Å². The molecule has 0 saturated heterocycles. The number of pyridine rings is 1. The summed E-state index contributed by atoms with van der Waals surface area (Å²) in [6.07, 6.45) is 2.92. The van der Waals surface area contributed by atoms with Gasteiger partial charge in [-0.1, -0.05) is 48.0 Å². The lowest BCUT2D eigenvalue weighted by molar-refractivity contribution is 0.0767. The molecule has 5 nitrogen and oxygen atoms in total. The summed E-state index contributed by atoms with van der Waals surface area (Å²) in [5, 5.41) is 4.80. The molecule has 0 atom stereocenters. The van der Waals surface area contributed by atoms with Crippen molar-refractivity contribution < 1.29 is 4.79 Å². The van der Waals surface area contributed by atoms with Crippen molar-refractivity contribution >= 4 is 23.1 Å². The van der Waals surface area contributed by atoms with Crippen LogP contribution in [0, 0.1) is 13.8 Å². The van der Waals surface area contributed by atoms with E-state index in [0.29, 0.717) is 23.9 Å². The summed E-state index contributed by atoms with van der Waals surface area (Å²) in [5.41, 5.74) is 4.59. The van der Waals surface area contributed by atoms with Crippen molar-refractivity contribution in [1.82, 2.24) is 19.7 Å². The Hall–Kier alpha value is -2.92. The predicted octanol–water partition coefficient (Wildman–Crippen LogP) is 4.47. The Bertz CT molecular complexity index is 1060. The van der Waals surface area contributed by atoms with Gasteiger partial charge >= 0.3 is 0 Å². The maximum absolute atomic E-state index is 13.1. The number of aromatic nitrogens is 3. The Balaban J connectivity index is 1.58. The lowest BCUT2D eigenvalue weighted by atomic mass is 9.99. The lowest BCUT2D eigenvalue weighted by Gasteiger charge is -2.26. The molecule has 0 fully saturated rings. The summed E-state index contributed by atoms with van der Waals surface area (Å²) in [7, 11) is 0.